The highest BCUT2D eigenvalue weighted by Gasteiger charge is 2.21. The lowest BCUT2D eigenvalue weighted by molar-refractivity contribution is -0.126. The Balaban J connectivity index is 1.58. The summed E-state index contributed by atoms with van der Waals surface area (Å²) in [5.41, 5.74) is 1.21. The molecule has 0 bridgehead atoms. The van der Waals surface area contributed by atoms with Gasteiger partial charge in [-0.25, -0.2) is 0 Å². The lowest BCUT2D eigenvalue weighted by Crippen LogP contribution is -2.46. The summed E-state index contributed by atoms with van der Waals surface area (Å²) in [7, 11) is 1.52. The van der Waals surface area contributed by atoms with Gasteiger partial charge >= 0.3 is 0 Å². The van der Waals surface area contributed by atoms with E-state index in [0.717, 1.165) is 0 Å². The second-order valence-electron chi connectivity index (χ2n) is 5.89. The molecule has 2 aromatic rings. The number of hydrogen-bond acceptors (Lipinski definition) is 6. The first kappa shape index (κ1) is 18.5. The Morgan fingerprint density at radius 3 is 2.78 bits per heavy atom. The smallest absolute Gasteiger partial charge is 0.249 e. The minimum absolute atomic E-state index is 0.0412. The van der Waals surface area contributed by atoms with E-state index in [1.54, 1.807) is 42.5 Å². The van der Waals surface area contributed by atoms with Crippen LogP contribution in [-0.2, 0) is 16.0 Å². The first-order valence-electron chi connectivity index (χ1n) is 8.32. The van der Waals surface area contributed by atoms with Crippen molar-refractivity contribution in [3.05, 3.63) is 48.0 Å². The van der Waals surface area contributed by atoms with Crippen LogP contribution in [0.4, 0.5) is 5.69 Å². The summed E-state index contributed by atoms with van der Waals surface area (Å²) >= 11 is 0. The predicted octanol–water partition coefficient (Wildman–Crippen LogP) is 1.08. The molecule has 1 heterocycles. The number of aliphatic hydroxyl groups excluding tert-OH is 1. The number of carbonyl (C=O) groups is 2. The molecule has 8 heteroatoms. The van der Waals surface area contributed by atoms with Crippen LogP contribution in [0.15, 0.2) is 42.5 Å². The average Bonchev–Trinajstić information content (AvgIpc) is 3.14. The number of fused-ring (bicyclic) bond motifs is 1. The van der Waals surface area contributed by atoms with Crippen LogP contribution in [0.2, 0.25) is 0 Å². The minimum atomic E-state index is -1.07. The molecule has 1 atom stereocenters. The van der Waals surface area contributed by atoms with Gasteiger partial charge in [-0.1, -0.05) is 12.1 Å². The van der Waals surface area contributed by atoms with E-state index in [1.807, 2.05) is 0 Å². The van der Waals surface area contributed by atoms with Crippen LogP contribution in [-0.4, -0.2) is 43.5 Å². The normalized spacial score (nSPS) is 13.0. The third kappa shape index (κ3) is 4.68. The van der Waals surface area contributed by atoms with Crippen molar-refractivity contribution in [3.8, 4) is 17.2 Å². The van der Waals surface area contributed by atoms with E-state index in [0.29, 0.717) is 28.5 Å². The average molecular weight is 372 g/mol. The van der Waals surface area contributed by atoms with E-state index in [4.69, 9.17) is 14.2 Å². The van der Waals surface area contributed by atoms with Gasteiger partial charge < -0.3 is 30.0 Å². The van der Waals surface area contributed by atoms with Gasteiger partial charge in [0, 0.05) is 11.8 Å². The van der Waals surface area contributed by atoms with E-state index in [1.165, 1.54) is 7.11 Å². The fraction of sp³-hybridized carbons (Fsp3) is 0.263. The van der Waals surface area contributed by atoms with Crippen LogP contribution in [0.1, 0.15) is 5.56 Å². The SMILES string of the molecule is COc1cccc(NC(=O)C(CO)NC(=O)Cc2ccc3c(c2)OCO3)c1. The van der Waals surface area contributed by atoms with Gasteiger partial charge in [0.2, 0.25) is 18.6 Å². The summed E-state index contributed by atoms with van der Waals surface area (Å²) < 4.78 is 15.6. The zero-order valence-electron chi connectivity index (χ0n) is 14.7. The molecule has 27 heavy (non-hydrogen) atoms. The number of amides is 2. The monoisotopic (exact) mass is 372 g/mol. The van der Waals surface area contributed by atoms with E-state index in [2.05, 4.69) is 10.6 Å². The van der Waals surface area contributed by atoms with Crippen molar-refractivity contribution in [2.75, 3.05) is 25.8 Å². The molecule has 0 spiro atoms. The molecule has 8 nitrogen and oxygen atoms in total. The Bertz CT molecular complexity index is 839. The maximum atomic E-state index is 12.3. The third-order valence-electron chi connectivity index (χ3n) is 3.97. The molecule has 0 saturated carbocycles. The molecule has 0 aliphatic carbocycles. The number of rotatable bonds is 7. The Kier molecular flexibility index (Phi) is 5.77. The summed E-state index contributed by atoms with van der Waals surface area (Å²) in [6.45, 7) is -0.370. The van der Waals surface area contributed by atoms with Gasteiger partial charge in [-0.05, 0) is 29.8 Å². The fourth-order valence-electron chi connectivity index (χ4n) is 2.61. The largest absolute Gasteiger partial charge is 0.497 e. The number of anilines is 1. The van der Waals surface area contributed by atoms with Gasteiger partial charge in [-0.2, -0.15) is 0 Å². The molecular weight excluding hydrogens is 352 g/mol. The van der Waals surface area contributed by atoms with Gasteiger partial charge in [0.05, 0.1) is 20.1 Å². The standard InChI is InChI=1S/C19H20N2O6/c1-25-14-4-2-3-13(9-14)20-19(24)15(10-22)21-18(23)8-12-5-6-16-17(7-12)27-11-26-16/h2-7,9,15,22H,8,10-11H2,1H3,(H,20,24)(H,21,23). The number of carbonyl (C=O) groups excluding carboxylic acids is 2. The molecule has 0 fully saturated rings. The second kappa shape index (κ2) is 8.41. The molecule has 1 aliphatic heterocycles. The van der Waals surface area contributed by atoms with Crippen LogP contribution in [0.5, 0.6) is 17.2 Å². The van der Waals surface area contributed by atoms with Crippen LogP contribution < -0.4 is 24.8 Å². The van der Waals surface area contributed by atoms with E-state index >= 15 is 0 Å². The highest BCUT2D eigenvalue weighted by molar-refractivity contribution is 5.97. The fourth-order valence-corrected chi connectivity index (χ4v) is 2.61. The maximum Gasteiger partial charge on any atom is 0.249 e. The van der Waals surface area contributed by atoms with Crippen molar-refractivity contribution in [1.82, 2.24) is 5.32 Å². The van der Waals surface area contributed by atoms with Gasteiger partial charge in [0.1, 0.15) is 11.8 Å². The Morgan fingerprint density at radius 1 is 1.19 bits per heavy atom. The highest BCUT2D eigenvalue weighted by Crippen LogP contribution is 2.32. The topological polar surface area (TPSA) is 106 Å². The molecule has 0 aromatic heterocycles. The number of nitrogens with one attached hydrogen (secondary N) is 2. The van der Waals surface area contributed by atoms with Crippen molar-refractivity contribution in [1.29, 1.82) is 0 Å². The molecule has 3 N–H and O–H groups in total. The molecule has 3 rings (SSSR count). The summed E-state index contributed by atoms with van der Waals surface area (Å²) in [5.74, 6) is 0.874. The van der Waals surface area contributed by atoms with Gasteiger partial charge in [0.25, 0.3) is 0 Å². The second-order valence-corrected chi connectivity index (χ2v) is 5.89. The van der Waals surface area contributed by atoms with E-state index < -0.39 is 24.5 Å². The maximum absolute atomic E-state index is 12.3. The Morgan fingerprint density at radius 2 is 2.00 bits per heavy atom. The summed E-state index contributed by atoms with van der Waals surface area (Å²) in [6, 6.07) is 10.9. The van der Waals surface area contributed by atoms with E-state index in [-0.39, 0.29) is 13.2 Å². The van der Waals surface area contributed by atoms with Crippen molar-refractivity contribution in [3.63, 3.8) is 0 Å². The molecule has 2 amide bonds. The molecule has 0 saturated heterocycles. The highest BCUT2D eigenvalue weighted by atomic mass is 16.7. The number of benzene rings is 2. The molecule has 1 unspecified atom stereocenters. The Hall–Kier alpha value is -3.26. The molecular formula is C19H20N2O6. The molecule has 2 aromatic carbocycles. The quantitative estimate of drug-likeness (QED) is 0.672. The first-order chi connectivity index (χ1) is 13.1. The zero-order valence-corrected chi connectivity index (χ0v) is 14.7. The molecule has 1 aliphatic rings. The summed E-state index contributed by atoms with van der Waals surface area (Å²) in [5, 5.41) is 14.6. The van der Waals surface area contributed by atoms with Crippen molar-refractivity contribution in [2.24, 2.45) is 0 Å². The van der Waals surface area contributed by atoms with Gasteiger partial charge in [-0.15, -0.1) is 0 Å². The minimum Gasteiger partial charge on any atom is -0.497 e. The third-order valence-corrected chi connectivity index (χ3v) is 3.97. The Labute approximate surface area is 156 Å². The van der Waals surface area contributed by atoms with Gasteiger partial charge in [0.15, 0.2) is 11.5 Å². The number of ether oxygens (including phenoxy) is 3. The molecule has 0 radical (unpaired) electrons. The van der Waals surface area contributed by atoms with Crippen molar-refractivity contribution < 1.29 is 28.9 Å². The zero-order chi connectivity index (χ0) is 19.2. The van der Waals surface area contributed by atoms with Gasteiger partial charge in [-0.3, -0.25) is 9.59 Å². The summed E-state index contributed by atoms with van der Waals surface area (Å²) in [6.07, 6.45) is 0.0412. The van der Waals surface area contributed by atoms with Crippen LogP contribution >= 0.6 is 0 Å². The van der Waals surface area contributed by atoms with Crippen LogP contribution in [0.25, 0.3) is 0 Å². The van der Waals surface area contributed by atoms with Crippen molar-refractivity contribution in [2.45, 2.75) is 12.5 Å². The van der Waals surface area contributed by atoms with Crippen LogP contribution in [0, 0.1) is 0 Å². The predicted molar refractivity (Wildman–Crippen MR) is 96.9 cm³/mol. The molecule has 142 valence electrons. The lowest BCUT2D eigenvalue weighted by Gasteiger charge is -2.16. The summed E-state index contributed by atoms with van der Waals surface area (Å²) in [4.78, 5) is 24.6. The number of hydrogen-bond donors (Lipinski definition) is 3. The van der Waals surface area contributed by atoms with Crippen molar-refractivity contribution >= 4 is 17.5 Å². The number of methoxy groups -OCH3 is 1. The first-order valence-corrected chi connectivity index (χ1v) is 8.32. The van der Waals surface area contributed by atoms with Crippen LogP contribution in [0.3, 0.4) is 0 Å². The number of aliphatic hydroxyl groups is 1. The van der Waals surface area contributed by atoms with E-state index in [9.17, 15) is 14.7 Å². The lowest BCUT2D eigenvalue weighted by atomic mass is 10.1.